The zero-order valence-electron chi connectivity index (χ0n) is 10.2. The molecule has 0 aliphatic carbocycles. The molecule has 21 heavy (non-hydrogen) atoms. The smallest absolute Gasteiger partial charge is 0.417 e. The van der Waals surface area contributed by atoms with Gasteiger partial charge in [-0.05, 0) is 18.2 Å². The van der Waals surface area contributed by atoms with Crippen molar-refractivity contribution in [2.75, 3.05) is 0 Å². The molecule has 0 aliphatic heterocycles. The van der Waals surface area contributed by atoms with Gasteiger partial charge in [0.05, 0.1) is 10.6 Å². The lowest BCUT2D eigenvalue weighted by atomic mass is 9.98. The lowest BCUT2D eigenvalue weighted by molar-refractivity contribution is -0.137. The van der Waals surface area contributed by atoms with Crippen molar-refractivity contribution in [3.05, 3.63) is 63.1 Å². The monoisotopic (exact) mass is 334 g/mol. The number of hydrogen-bond donors (Lipinski definition) is 1. The highest BCUT2D eigenvalue weighted by Gasteiger charge is 2.35. The standard InChI is InChI=1S/C14H7Cl2F3O2/c15-11-8(5-6-10(20)12(11)16)13(21)7-3-1-2-4-9(7)14(17,18)19/h1-6,20H. The summed E-state index contributed by atoms with van der Waals surface area (Å²) in [5.74, 6) is -1.28. The van der Waals surface area contributed by atoms with Crippen molar-refractivity contribution in [1.82, 2.24) is 0 Å². The van der Waals surface area contributed by atoms with Crippen LogP contribution >= 0.6 is 23.2 Å². The number of rotatable bonds is 2. The van der Waals surface area contributed by atoms with Gasteiger partial charge < -0.3 is 5.11 Å². The number of hydrogen-bond acceptors (Lipinski definition) is 2. The molecule has 0 fully saturated rings. The molecule has 0 heterocycles. The van der Waals surface area contributed by atoms with Crippen molar-refractivity contribution < 1.29 is 23.1 Å². The van der Waals surface area contributed by atoms with Crippen LogP contribution in [0.2, 0.25) is 10.0 Å². The van der Waals surface area contributed by atoms with Crippen LogP contribution in [-0.4, -0.2) is 10.9 Å². The van der Waals surface area contributed by atoms with Crippen LogP contribution in [0.4, 0.5) is 13.2 Å². The zero-order chi connectivity index (χ0) is 15.8. The quantitative estimate of drug-likeness (QED) is 0.789. The second-order valence-corrected chi connectivity index (χ2v) is 4.89. The van der Waals surface area contributed by atoms with Crippen molar-refractivity contribution in [2.24, 2.45) is 0 Å². The maximum absolute atomic E-state index is 12.9. The predicted molar refractivity (Wildman–Crippen MR) is 73.0 cm³/mol. The van der Waals surface area contributed by atoms with Crippen LogP contribution in [0, 0.1) is 0 Å². The number of alkyl halides is 3. The van der Waals surface area contributed by atoms with E-state index in [0.29, 0.717) is 0 Å². The zero-order valence-corrected chi connectivity index (χ0v) is 11.7. The largest absolute Gasteiger partial charge is 0.506 e. The minimum atomic E-state index is -4.67. The molecule has 1 N–H and O–H groups in total. The summed E-state index contributed by atoms with van der Waals surface area (Å²) in [6.45, 7) is 0. The number of aromatic hydroxyl groups is 1. The van der Waals surface area contributed by atoms with E-state index in [1.165, 1.54) is 12.1 Å². The fraction of sp³-hybridized carbons (Fsp3) is 0.0714. The van der Waals surface area contributed by atoms with E-state index in [0.717, 1.165) is 24.3 Å². The Kier molecular flexibility index (Phi) is 4.16. The van der Waals surface area contributed by atoms with E-state index < -0.39 is 23.1 Å². The molecule has 2 aromatic carbocycles. The van der Waals surface area contributed by atoms with Crippen LogP contribution in [0.1, 0.15) is 21.5 Å². The van der Waals surface area contributed by atoms with Gasteiger partial charge in [0.25, 0.3) is 0 Å². The van der Waals surface area contributed by atoms with E-state index in [2.05, 4.69) is 0 Å². The van der Waals surface area contributed by atoms with Crippen molar-refractivity contribution in [3.63, 3.8) is 0 Å². The molecule has 0 saturated carbocycles. The summed E-state index contributed by atoms with van der Waals surface area (Å²) >= 11 is 11.5. The molecule has 0 bridgehead atoms. The Bertz CT molecular complexity index is 712. The summed E-state index contributed by atoms with van der Waals surface area (Å²) < 4.78 is 38.8. The van der Waals surface area contributed by atoms with E-state index >= 15 is 0 Å². The molecule has 0 aromatic heterocycles. The van der Waals surface area contributed by atoms with E-state index in [1.54, 1.807) is 0 Å². The fourth-order valence-corrected chi connectivity index (χ4v) is 2.20. The van der Waals surface area contributed by atoms with E-state index in [-0.39, 0.29) is 21.4 Å². The summed E-state index contributed by atoms with van der Waals surface area (Å²) in [5, 5.41) is 8.77. The van der Waals surface area contributed by atoms with Gasteiger partial charge in [0.1, 0.15) is 10.8 Å². The number of carbonyl (C=O) groups is 1. The first kappa shape index (κ1) is 15.7. The molecule has 0 atom stereocenters. The third-order valence-corrected chi connectivity index (χ3v) is 3.66. The predicted octanol–water partition coefficient (Wildman–Crippen LogP) is 4.95. The van der Waals surface area contributed by atoms with Crippen LogP contribution in [0.25, 0.3) is 0 Å². The molecule has 0 unspecified atom stereocenters. The van der Waals surface area contributed by atoms with E-state index in [9.17, 15) is 23.1 Å². The summed E-state index contributed by atoms with van der Waals surface area (Å²) in [5.41, 5.74) is -1.81. The van der Waals surface area contributed by atoms with Crippen LogP contribution in [0.5, 0.6) is 5.75 Å². The van der Waals surface area contributed by atoms with Crippen LogP contribution in [-0.2, 0) is 6.18 Å². The number of phenols is 1. The van der Waals surface area contributed by atoms with Gasteiger partial charge in [0, 0.05) is 11.1 Å². The van der Waals surface area contributed by atoms with Crippen molar-refractivity contribution in [1.29, 1.82) is 0 Å². The molecule has 2 aromatic rings. The Hall–Kier alpha value is -1.72. The minimum Gasteiger partial charge on any atom is -0.506 e. The average molecular weight is 335 g/mol. The van der Waals surface area contributed by atoms with Gasteiger partial charge in [0.15, 0.2) is 5.78 Å². The van der Waals surface area contributed by atoms with E-state index in [1.807, 2.05) is 0 Å². The van der Waals surface area contributed by atoms with Gasteiger partial charge >= 0.3 is 6.18 Å². The first-order valence-electron chi connectivity index (χ1n) is 5.61. The van der Waals surface area contributed by atoms with Gasteiger partial charge in [-0.1, -0.05) is 41.4 Å². The fourth-order valence-electron chi connectivity index (χ4n) is 1.79. The van der Waals surface area contributed by atoms with Crippen molar-refractivity contribution in [2.45, 2.75) is 6.18 Å². The molecule has 7 heteroatoms. The third-order valence-electron chi connectivity index (χ3n) is 2.78. The van der Waals surface area contributed by atoms with Gasteiger partial charge in [-0.25, -0.2) is 0 Å². The molecule has 0 radical (unpaired) electrons. The number of phenolic OH excluding ortho intramolecular Hbond substituents is 1. The Morgan fingerprint density at radius 2 is 1.57 bits per heavy atom. The second-order valence-electron chi connectivity index (χ2n) is 4.13. The van der Waals surface area contributed by atoms with Gasteiger partial charge in [-0.3, -0.25) is 4.79 Å². The molecule has 0 aliphatic rings. The maximum Gasteiger partial charge on any atom is 0.417 e. The Labute approximate surface area is 127 Å². The molecule has 0 saturated heterocycles. The number of ketones is 1. The Balaban J connectivity index is 2.59. The summed E-state index contributed by atoms with van der Waals surface area (Å²) in [6.07, 6.45) is -4.67. The number of halogens is 5. The van der Waals surface area contributed by atoms with Crippen LogP contribution < -0.4 is 0 Å². The highest BCUT2D eigenvalue weighted by atomic mass is 35.5. The highest BCUT2D eigenvalue weighted by molar-refractivity contribution is 6.45. The first-order valence-corrected chi connectivity index (χ1v) is 6.37. The minimum absolute atomic E-state index is 0.212. The first-order chi connectivity index (χ1) is 9.73. The van der Waals surface area contributed by atoms with Gasteiger partial charge in [-0.2, -0.15) is 13.2 Å². The molecular formula is C14H7Cl2F3O2. The van der Waals surface area contributed by atoms with Crippen LogP contribution in [0.15, 0.2) is 36.4 Å². The lowest BCUT2D eigenvalue weighted by Crippen LogP contribution is -2.14. The molecule has 0 amide bonds. The topological polar surface area (TPSA) is 37.3 Å². The summed E-state index contributed by atoms with van der Waals surface area (Å²) in [6, 6.07) is 6.59. The molecule has 2 rings (SSSR count). The van der Waals surface area contributed by atoms with Crippen LogP contribution in [0.3, 0.4) is 0 Å². The normalized spacial score (nSPS) is 11.5. The summed E-state index contributed by atoms with van der Waals surface area (Å²) in [7, 11) is 0. The second kappa shape index (κ2) is 5.58. The summed E-state index contributed by atoms with van der Waals surface area (Å²) in [4.78, 5) is 12.3. The SMILES string of the molecule is O=C(c1ccccc1C(F)(F)F)c1ccc(O)c(Cl)c1Cl. The van der Waals surface area contributed by atoms with Crippen molar-refractivity contribution in [3.8, 4) is 5.75 Å². The number of benzene rings is 2. The highest BCUT2D eigenvalue weighted by Crippen LogP contribution is 2.37. The maximum atomic E-state index is 12.9. The lowest BCUT2D eigenvalue weighted by Gasteiger charge is -2.13. The van der Waals surface area contributed by atoms with E-state index in [4.69, 9.17) is 23.2 Å². The Morgan fingerprint density at radius 1 is 0.952 bits per heavy atom. The molecular weight excluding hydrogens is 328 g/mol. The van der Waals surface area contributed by atoms with Crippen molar-refractivity contribution >= 4 is 29.0 Å². The van der Waals surface area contributed by atoms with Gasteiger partial charge in [-0.15, -0.1) is 0 Å². The average Bonchev–Trinajstić information content (AvgIpc) is 2.43. The third kappa shape index (κ3) is 2.99. The molecule has 2 nitrogen and oxygen atoms in total. The number of carbonyl (C=O) groups excluding carboxylic acids is 1. The van der Waals surface area contributed by atoms with Gasteiger partial charge in [0.2, 0.25) is 0 Å². The molecule has 0 spiro atoms. The molecule has 110 valence electrons. The Morgan fingerprint density at radius 3 is 2.19 bits per heavy atom.